The molecule has 5 nitrogen and oxygen atoms in total. The van der Waals surface area contributed by atoms with Gasteiger partial charge in [0.1, 0.15) is 12.4 Å². The third kappa shape index (κ3) is 4.11. The molecule has 20 heavy (non-hydrogen) atoms. The van der Waals surface area contributed by atoms with Crippen LogP contribution in [0.25, 0.3) is 0 Å². The molecule has 0 unspecified atom stereocenters. The first-order valence-electron chi connectivity index (χ1n) is 7.06. The van der Waals surface area contributed by atoms with Gasteiger partial charge >= 0.3 is 0 Å². The summed E-state index contributed by atoms with van der Waals surface area (Å²) in [4.78, 5) is 0. The molecule has 0 aromatic heterocycles. The summed E-state index contributed by atoms with van der Waals surface area (Å²) in [6.45, 7) is 0.906. The Hall–Kier alpha value is -1.27. The van der Waals surface area contributed by atoms with Gasteiger partial charge in [-0.2, -0.15) is 0 Å². The van der Waals surface area contributed by atoms with Gasteiger partial charge in [0.05, 0.1) is 5.25 Å². The molecule has 0 amide bonds. The Morgan fingerprint density at radius 1 is 1.15 bits per heavy atom. The Bertz CT molecular complexity index is 508. The van der Waals surface area contributed by atoms with Crippen molar-refractivity contribution in [2.24, 2.45) is 5.73 Å². The molecule has 6 heteroatoms. The lowest BCUT2D eigenvalue weighted by molar-refractivity contribution is 0.328. The Kier molecular flexibility index (Phi) is 5.25. The van der Waals surface area contributed by atoms with Crippen LogP contribution in [-0.4, -0.2) is 26.8 Å². The SMILES string of the molecule is NCCOc1ccc(NS(=O)(=O)C2CCCCC2)cc1. The highest BCUT2D eigenvalue weighted by Crippen LogP contribution is 2.25. The monoisotopic (exact) mass is 298 g/mol. The third-order valence-electron chi connectivity index (χ3n) is 3.49. The summed E-state index contributed by atoms with van der Waals surface area (Å²) < 4.78 is 32.5. The Morgan fingerprint density at radius 2 is 1.80 bits per heavy atom. The van der Waals surface area contributed by atoms with Crippen LogP contribution in [0.1, 0.15) is 32.1 Å². The Labute approximate surface area is 120 Å². The van der Waals surface area contributed by atoms with Gasteiger partial charge < -0.3 is 10.5 Å². The van der Waals surface area contributed by atoms with Crippen molar-refractivity contribution < 1.29 is 13.2 Å². The number of hydrogen-bond donors (Lipinski definition) is 2. The van der Waals surface area contributed by atoms with Gasteiger partial charge in [-0.25, -0.2) is 8.42 Å². The van der Waals surface area contributed by atoms with Crippen molar-refractivity contribution >= 4 is 15.7 Å². The number of anilines is 1. The van der Waals surface area contributed by atoms with Crippen LogP contribution in [0.2, 0.25) is 0 Å². The van der Waals surface area contributed by atoms with Gasteiger partial charge in [-0.1, -0.05) is 19.3 Å². The number of ether oxygens (including phenoxy) is 1. The van der Waals surface area contributed by atoms with Crippen LogP contribution >= 0.6 is 0 Å². The van der Waals surface area contributed by atoms with E-state index in [1.165, 1.54) is 0 Å². The van der Waals surface area contributed by atoms with E-state index >= 15 is 0 Å². The molecule has 0 radical (unpaired) electrons. The number of nitrogens with two attached hydrogens (primary N) is 1. The molecule has 1 aromatic carbocycles. The fourth-order valence-electron chi connectivity index (χ4n) is 2.42. The van der Waals surface area contributed by atoms with Gasteiger partial charge in [0, 0.05) is 12.2 Å². The van der Waals surface area contributed by atoms with Gasteiger partial charge in [-0.05, 0) is 37.1 Å². The molecule has 112 valence electrons. The van der Waals surface area contributed by atoms with E-state index in [0.29, 0.717) is 24.6 Å². The molecule has 1 aliphatic rings. The maximum absolute atomic E-state index is 12.3. The summed E-state index contributed by atoms with van der Waals surface area (Å²) in [7, 11) is -3.28. The predicted molar refractivity (Wildman–Crippen MR) is 80.4 cm³/mol. The van der Waals surface area contributed by atoms with Crippen LogP contribution in [0.15, 0.2) is 24.3 Å². The van der Waals surface area contributed by atoms with E-state index in [9.17, 15) is 8.42 Å². The summed E-state index contributed by atoms with van der Waals surface area (Å²) in [6, 6.07) is 6.92. The second-order valence-electron chi connectivity index (χ2n) is 5.07. The molecule has 1 fully saturated rings. The van der Waals surface area contributed by atoms with Gasteiger partial charge in [-0.3, -0.25) is 4.72 Å². The van der Waals surface area contributed by atoms with Gasteiger partial charge in [0.25, 0.3) is 0 Å². The van der Waals surface area contributed by atoms with E-state index in [-0.39, 0.29) is 5.25 Å². The number of sulfonamides is 1. The summed E-state index contributed by atoms with van der Waals surface area (Å²) in [5.41, 5.74) is 5.93. The van der Waals surface area contributed by atoms with E-state index in [1.807, 2.05) is 0 Å². The van der Waals surface area contributed by atoms with Crippen molar-refractivity contribution in [2.75, 3.05) is 17.9 Å². The first kappa shape index (κ1) is 15.1. The van der Waals surface area contributed by atoms with Gasteiger partial charge in [0.15, 0.2) is 0 Å². The van der Waals surface area contributed by atoms with Crippen molar-refractivity contribution in [3.8, 4) is 5.75 Å². The van der Waals surface area contributed by atoms with Crippen LogP contribution in [0.4, 0.5) is 5.69 Å². The number of benzene rings is 1. The molecular formula is C14H22N2O3S. The van der Waals surface area contributed by atoms with Crippen molar-refractivity contribution in [1.29, 1.82) is 0 Å². The molecule has 1 aliphatic carbocycles. The van der Waals surface area contributed by atoms with Crippen LogP contribution in [0.3, 0.4) is 0 Å². The molecule has 0 spiro atoms. The van der Waals surface area contributed by atoms with Gasteiger partial charge in [0.2, 0.25) is 10.0 Å². The minimum atomic E-state index is -3.28. The van der Waals surface area contributed by atoms with Gasteiger partial charge in [-0.15, -0.1) is 0 Å². The Balaban J connectivity index is 1.98. The lowest BCUT2D eigenvalue weighted by Gasteiger charge is -2.22. The van der Waals surface area contributed by atoms with E-state index in [0.717, 1.165) is 32.1 Å². The summed E-state index contributed by atoms with van der Waals surface area (Å²) in [5, 5.41) is -0.260. The highest BCUT2D eigenvalue weighted by atomic mass is 32.2. The largest absolute Gasteiger partial charge is 0.492 e. The van der Waals surface area contributed by atoms with Crippen LogP contribution in [0.5, 0.6) is 5.75 Å². The summed E-state index contributed by atoms with van der Waals surface area (Å²) in [5.74, 6) is 0.691. The molecule has 3 N–H and O–H groups in total. The lowest BCUT2D eigenvalue weighted by Crippen LogP contribution is -2.29. The quantitative estimate of drug-likeness (QED) is 0.842. The van der Waals surface area contributed by atoms with Crippen molar-refractivity contribution in [3.63, 3.8) is 0 Å². The highest BCUT2D eigenvalue weighted by Gasteiger charge is 2.26. The third-order valence-corrected chi connectivity index (χ3v) is 5.36. The zero-order chi connectivity index (χ0) is 14.4. The Morgan fingerprint density at radius 3 is 2.40 bits per heavy atom. The minimum absolute atomic E-state index is 0.260. The lowest BCUT2D eigenvalue weighted by atomic mass is 10.0. The first-order chi connectivity index (χ1) is 9.62. The molecule has 1 aromatic rings. The summed E-state index contributed by atoms with van der Waals surface area (Å²) in [6.07, 6.45) is 4.65. The molecular weight excluding hydrogens is 276 g/mol. The fraction of sp³-hybridized carbons (Fsp3) is 0.571. The van der Waals surface area contributed by atoms with Crippen LogP contribution < -0.4 is 15.2 Å². The average Bonchev–Trinajstić information content (AvgIpc) is 2.47. The number of rotatable bonds is 6. The molecule has 2 rings (SSSR count). The number of nitrogens with one attached hydrogen (secondary N) is 1. The molecule has 0 saturated heterocycles. The van der Waals surface area contributed by atoms with E-state index < -0.39 is 10.0 Å². The maximum atomic E-state index is 12.3. The smallest absolute Gasteiger partial charge is 0.235 e. The van der Waals surface area contributed by atoms with Crippen LogP contribution in [0, 0.1) is 0 Å². The standard InChI is InChI=1S/C14H22N2O3S/c15-10-11-19-13-8-6-12(7-9-13)16-20(17,18)14-4-2-1-3-5-14/h6-9,14,16H,1-5,10-11,15H2. The maximum Gasteiger partial charge on any atom is 0.235 e. The molecule has 1 saturated carbocycles. The molecule has 0 atom stereocenters. The zero-order valence-corrected chi connectivity index (χ0v) is 12.4. The number of hydrogen-bond acceptors (Lipinski definition) is 4. The van der Waals surface area contributed by atoms with Crippen molar-refractivity contribution in [3.05, 3.63) is 24.3 Å². The second kappa shape index (κ2) is 6.95. The van der Waals surface area contributed by atoms with Crippen molar-refractivity contribution in [1.82, 2.24) is 0 Å². The van der Waals surface area contributed by atoms with E-state index in [4.69, 9.17) is 10.5 Å². The normalized spacial score (nSPS) is 16.9. The molecule has 0 aliphatic heterocycles. The molecule has 0 bridgehead atoms. The highest BCUT2D eigenvalue weighted by molar-refractivity contribution is 7.93. The predicted octanol–water partition coefficient (Wildman–Crippen LogP) is 2.10. The topological polar surface area (TPSA) is 81.4 Å². The fourth-order valence-corrected chi connectivity index (χ4v) is 4.00. The zero-order valence-electron chi connectivity index (χ0n) is 11.5. The summed E-state index contributed by atoms with van der Waals surface area (Å²) >= 11 is 0. The minimum Gasteiger partial charge on any atom is -0.492 e. The second-order valence-corrected chi connectivity index (χ2v) is 7.03. The first-order valence-corrected chi connectivity index (χ1v) is 8.61. The van der Waals surface area contributed by atoms with E-state index in [1.54, 1.807) is 24.3 Å². The average molecular weight is 298 g/mol. The van der Waals surface area contributed by atoms with Crippen LogP contribution in [-0.2, 0) is 10.0 Å². The van der Waals surface area contributed by atoms with Crippen molar-refractivity contribution in [2.45, 2.75) is 37.4 Å². The van der Waals surface area contributed by atoms with E-state index in [2.05, 4.69) is 4.72 Å². The molecule has 0 heterocycles.